The first-order chi connectivity index (χ1) is 15.1. The number of Topliss-reactive ketones (excluding diaryl/α,β-unsaturated/α-hetero) is 1. The molecule has 10 heteroatoms. The van der Waals surface area contributed by atoms with Crippen LogP contribution in [0.1, 0.15) is 23.2 Å². The van der Waals surface area contributed by atoms with Gasteiger partial charge >= 0.3 is 0 Å². The van der Waals surface area contributed by atoms with Gasteiger partial charge in [-0.1, -0.05) is 12.1 Å². The highest BCUT2D eigenvalue weighted by Gasteiger charge is 2.31. The number of carbonyl (C=O) groups is 3. The van der Waals surface area contributed by atoms with Crippen molar-refractivity contribution in [2.24, 2.45) is 5.73 Å². The van der Waals surface area contributed by atoms with Gasteiger partial charge in [-0.15, -0.1) is 0 Å². The molecule has 0 bridgehead atoms. The average molecular weight is 439 g/mol. The lowest BCUT2D eigenvalue weighted by Gasteiger charge is -2.19. The van der Waals surface area contributed by atoms with Crippen LogP contribution < -0.4 is 20.9 Å². The predicted octanol–water partition coefficient (Wildman–Crippen LogP) is 2.67. The number of halogens is 2. The topological polar surface area (TPSA) is 120 Å². The lowest BCUT2D eigenvalue weighted by Crippen LogP contribution is -2.26. The normalized spacial score (nSPS) is 12.3. The highest BCUT2D eigenvalue weighted by molar-refractivity contribution is 6.04. The number of hydrogen-bond donors (Lipinski definition) is 2. The van der Waals surface area contributed by atoms with Gasteiger partial charge in [-0.05, 0) is 18.2 Å². The van der Waals surface area contributed by atoms with Crippen molar-refractivity contribution < 1.29 is 23.2 Å². The lowest BCUT2D eigenvalue weighted by molar-refractivity contribution is -0.120. The maximum absolute atomic E-state index is 13.9. The Bertz CT molecular complexity index is 1170. The Balaban J connectivity index is 1.74. The quantitative estimate of drug-likeness (QED) is 0.528. The zero-order valence-electron chi connectivity index (χ0n) is 17.3. The molecule has 1 heterocycles. The van der Waals surface area contributed by atoms with Gasteiger partial charge in [-0.25, -0.2) is 8.78 Å². The number of ketones is 1. The van der Waals surface area contributed by atoms with Crippen LogP contribution in [-0.4, -0.2) is 31.7 Å². The monoisotopic (exact) mass is 439 g/mol. The van der Waals surface area contributed by atoms with Gasteiger partial charge in [0.2, 0.25) is 5.91 Å². The van der Waals surface area contributed by atoms with Gasteiger partial charge in [0.15, 0.2) is 5.78 Å². The van der Waals surface area contributed by atoms with E-state index in [1.807, 2.05) is 30.3 Å². The van der Waals surface area contributed by atoms with Gasteiger partial charge in [0.1, 0.15) is 29.1 Å². The van der Waals surface area contributed by atoms with Crippen LogP contribution in [0.5, 0.6) is 0 Å². The second-order valence-electron chi connectivity index (χ2n) is 7.06. The second-order valence-corrected chi connectivity index (χ2v) is 7.06. The van der Waals surface area contributed by atoms with Crippen molar-refractivity contribution in [2.75, 3.05) is 29.2 Å². The zero-order valence-corrected chi connectivity index (χ0v) is 17.3. The van der Waals surface area contributed by atoms with E-state index in [2.05, 4.69) is 5.32 Å². The first kappa shape index (κ1) is 22.4. The maximum Gasteiger partial charge on any atom is 0.251 e. The molecule has 1 aliphatic rings. The minimum Gasteiger partial charge on any atom is -0.366 e. The van der Waals surface area contributed by atoms with Crippen molar-refractivity contribution in [3.63, 3.8) is 0 Å². The minimum absolute atomic E-state index is 0.122. The number of nitrogens with zero attached hydrogens (tertiary/aromatic N) is 3. The predicted molar refractivity (Wildman–Crippen MR) is 114 cm³/mol. The molecule has 3 N–H and O–H groups in total. The van der Waals surface area contributed by atoms with Crippen LogP contribution in [0.15, 0.2) is 47.8 Å². The third kappa shape index (κ3) is 4.13. The van der Waals surface area contributed by atoms with Crippen molar-refractivity contribution in [3.05, 3.63) is 65.0 Å². The first-order valence-electron chi connectivity index (χ1n) is 9.48. The number of nitriles is 1. The zero-order chi connectivity index (χ0) is 23.6. The van der Waals surface area contributed by atoms with Crippen LogP contribution in [0.25, 0.3) is 0 Å². The van der Waals surface area contributed by atoms with Crippen LogP contribution in [-0.2, 0) is 9.59 Å². The van der Waals surface area contributed by atoms with Crippen molar-refractivity contribution in [1.82, 2.24) is 0 Å². The van der Waals surface area contributed by atoms with Crippen molar-refractivity contribution in [1.29, 1.82) is 5.26 Å². The molecule has 0 saturated heterocycles. The van der Waals surface area contributed by atoms with Crippen LogP contribution in [0, 0.1) is 23.0 Å². The SMILES string of the molecule is CN1C(=C(C#N)C(=O)CCC(=O)Nc2cc(C(N)=O)c(F)cc2F)N(C)c2ccccc21. The summed E-state index contributed by atoms with van der Waals surface area (Å²) in [6.07, 6.45) is -0.678. The summed E-state index contributed by atoms with van der Waals surface area (Å²) < 4.78 is 27.5. The standard InChI is InChI=1S/C22H19F2N5O3/c1-28-17-5-3-4-6-18(17)29(2)22(28)13(11-25)19(30)7-8-20(31)27-16-9-12(21(26)32)14(23)10-15(16)24/h3-6,9-10H,7-8H2,1-2H3,(H2,26,32)(H,27,31). The molecule has 164 valence electrons. The summed E-state index contributed by atoms with van der Waals surface area (Å²) in [6, 6.07) is 10.5. The number of amides is 2. The fourth-order valence-electron chi connectivity index (χ4n) is 3.46. The number of anilines is 3. The molecule has 0 spiro atoms. The molecule has 2 aromatic rings. The molecule has 32 heavy (non-hydrogen) atoms. The summed E-state index contributed by atoms with van der Waals surface area (Å²) in [6.45, 7) is 0. The summed E-state index contributed by atoms with van der Waals surface area (Å²) in [5.74, 6) is -4.31. The lowest BCUT2D eigenvalue weighted by atomic mass is 10.1. The molecule has 2 amide bonds. The van der Waals surface area contributed by atoms with Crippen molar-refractivity contribution >= 4 is 34.7 Å². The van der Waals surface area contributed by atoms with E-state index in [1.165, 1.54) is 0 Å². The molecule has 0 radical (unpaired) electrons. The van der Waals surface area contributed by atoms with E-state index in [-0.39, 0.29) is 18.4 Å². The highest BCUT2D eigenvalue weighted by atomic mass is 19.1. The third-order valence-corrected chi connectivity index (χ3v) is 5.03. The van der Waals surface area contributed by atoms with Crippen LogP contribution >= 0.6 is 0 Å². The molecule has 2 aromatic carbocycles. The number of nitrogens with two attached hydrogens (primary N) is 1. The number of hydrogen-bond acceptors (Lipinski definition) is 6. The molecule has 8 nitrogen and oxygen atoms in total. The Labute approximate surface area is 182 Å². The molecule has 0 saturated carbocycles. The van der Waals surface area contributed by atoms with Crippen LogP contribution in [0.3, 0.4) is 0 Å². The molecule has 0 fully saturated rings. The van der Waals surface area contributed by atoms with Gasteiger partial charge < -0.3 is 20.9 Å². The number of rotatable bonds is 6. The van der Waals surface area contributed by atoms with Gasteiger partial charge in [-0.3, -0.25) is 14.4 Å². The number of primary amides is 1. The Morgan fingerprint density at radius 1 is 1.03 bits per heavy atom. The van der Waals surface area contributed by atoms with Gasteiger partial charge in [0.25, 0.3) is 5.91 Å². The van der Waals surface area contributed by atoms with E-state index in [1.54, 1.807) is 23.9 Å². The van der Waals surface area contributed by atoms with Crippen LogP contribution in [0.2, 0.25) is 0 Å². The molecular weight excluding hydrogens is 420 g/mol. The van der Waals surface area contributed by atoms with Crippen LogP contribution in [0.4, 0.5) is 25.8 Å². The van der Waals surface area contributed by atoms with Gasteiger partial charge in [0, 0.05) is 33.0 Å². The van der Waals surface area contributed by atoms with Crippen molar-refractivity contribution in [3.8, 4) is 6.07 Å². The molecule has 0 unspecified atom stereocenters. The van der Waals surface area contributed by atoms with E-state index in [4.69, 9.17) is 5.73 Å². The van der Waals surface area contributed by atoms with E-state index in [9.17, 15) is 28.4 Å². The van der Waals surface area contributed by atoms with E-state index in [0.29, 0.717) is 11.9 Å². The van der Waals surface area contributed by atoms with Crippen molar-refractivity contribution in [2.45, 2.75) is 12.8 Å². The Kier molecular flexibility index (Phi) is 6.20. The Hall–Kier alpha value is -4.26. The van der Waals surface area contributed by atoms with Gasteiger partial charge in [0.05, 0.1) is 22.6 Å². The number of fused-ring (bicyclic) bond motifs is 1. The summed E-state index contributed by atoms with van der Waals surface area (Å²) in [5.41, 5.74) is 5.52. The van der Waals surface area contributed by atoms with E-state index in [0.717, 1.165) is 17.4 Å². The fraction of sp³-hybridized carbons (Fsp3) is 0.182. The molecule has 1 aliphatic heterocycles. The maximum atomic E-state index is 13.9. The molecular formula is C22H19F2N5O3. The summed E-state index contributed by atoms with van der Waals surface area (Å²) in [7, 11) is 3.45. The number of nitrogens with one attached hydrogen (secondary N) is 1. The molecule has 3 rings (SSSR count). The highest BCUT2D eigenvalue weighted by Crippen LogP contribution is 2.40. The molecule has 0 aromatic heterocycles. The summed E-state index contributed by atoms with van der Waals surface area (Å²) in [4.78, 5) is 39.6. The summed E-state index contributed by atoms with van der Waals surface area (Å²) >= 11 is 0. The minimum atomic E-state index is -1.15. The Morgan fingerprint density at radius 3 is 2.16 bits per heavy atom. The third-order valence-electron chi connectivity index (χ3n) is 5.03. The number of carbonyl (C=O) groups excluding carboxylic acids is 3. The smallest absolute Gasteiger partial charge is 0.251 e. The molecule has 0 aliphatic carbocycles. The second kappa shape index (κ2) is 8.85. The number of para-hydroxylation sites is 2. The van der Waals surface area contributed by atoms with E-state index >= 15 is 0 Å². The average Bonchev–Trinajstić information content (AvgIpc) is 3.00. The fourth-order valence-corrected chi connectivity index (χ4v) is 3.46. The Morgan fingerprint density at radius 2 is 1.62 bits per heavy atom. The summed E-state index contributed by atoms with van der Waals surface area (Å²) in [5, 5.41) is 11.8. The number of allylic oxidation sites excluding steroid dienone is 1. The molecule has 0 atom stereocenters. The number of benzene rings is 2. The largest absolute Gasteiger partial charge is 0.366 e. The van der Waals surface area contributed by atoms with E-state index < -0.39 is 40.5 Å². The first-order valence-corrected chi connectivity index (χ1v) is 9.48. The van der Waals surface area contributed by atoms with Gasteiger partial charge in [-0.2, -0.15) is 5.26 Å².